The molecule has 0 saturated heterocycles. The molecule has 1 saturated carbocycles. The van der Waals surface area contributed by atoms with Gasteiger partial charge in [-0.1, -0.05) is 57.0 Å². The molecular weight excluding hydrogens is 472 g/mol. The van der Waals surface area contributed by atoms with Crippen LogP contribution in [0.4, 0.5) is 0 Å². The Balaban J connectivity index is 1.43. The smallest absolute Gasteiger partial charge is 0.308 e. The zero-order valence-electron chi connectivity index (χ0n) is 19.6. The number of carbonyl (C=O) groups is 2. The van der Waals surface area contributed by atoms with Crippen LogP contribution >= 0.6 is 11.3 Å². The second-order valence-electron chi connectivity index (χ2n) is 9.32. The fourth-order valence-corrected chi connectivity index (χ4v) is 7.78. The van der Waals surface area contributed by atoms with Gasteiger partial charge in [-0.15, -0.1) is 11.3 Å². The lowest BCUT2D eigenvalue weighted by molar-refractivity contribution is -0.149. The van der Waals surface area contributed by atoms with Gasteiger partial charge in [-0.2, -0.15) is 4.31 Å². The largest absolute Gasteiger partial charge is 0.456 e. The Kier molecular flexibility index (Phi) is 7.74. The average molecular weight is 505 g/mol. The molecule has 2 aliphatic rings. The Morgan fingerprint density at radius 1 is 1.15 bits per heavy atom. The van der Waals surface area contributed by atoms with E-state index in [0.29, 0.717) is 18.3 Å². The standard InChI is InChI=1S/C25H32N2O5S2/c1-17-7-5-10-21(18(17)2)26-23(28)16-32-24(29)15-22-20-9-4-3-8-19(20)12-13-27(22)34(30,31)25-11-6-14-33-25/h3-4,6,8-9,11,14,17-18,21-22H,5,7,10,12-13,15-16H2,1-2H3,(H,26,28). The topological polar surface area (TPSA) is 92.8 Å². The van der Waals surface area contributed by atoms with E-state index in [1.165, 1.54) is 4.31 Å². The van der Waals surface area contributed by atoms with Gasteiger partial charge in [0.15, 0.2) is 6.61 Å². The van der Waals surface area contributed by atoms with Crippen LogP contribution in [0.5, 0.6) is 0 Å². The van der Waals surface area contributed by atoms with Crippen LogP contribution in [0.3, 0.4) is 0 Å². The van der Waals surface area contributed by atoms with Crippen LogP contribution in [0.2, 0.25) is 0 Å². The van der Waals surface area contributed by atoms with Gasteiger partial charge in [0.25, 0.3) is 15.9 Å². The normalized spacial score (nSPS) is 25.4. The summed E-state index contributed by atoms with van der Waals surface area (Å²) in [5.74, 6) is 0.0205. The van der Waals surface area contributed by atoms with Crippen molar-refractivity contribution < 1.29 is 22.7 Å². The van der Waals surface area contributed by atoms with E-state index in [1.54, 1.807) is 17.5 Å². The summed E-state index contributed by atoms with van der Waals surface area (Å²) in [7, 11) is -3.75. The van der Waals surface area contributed by atoms with Gasteiger partial charge in [0.05, 0.1) is 12.5 Å². The Morgan fingerprint density at radius 2 is 1.94 bits per heavy atom. The number of carbonyl (C=O) groups excluding carboxylic acids is 2. The van der Waals surface area contributed by atoms with E-state index in [0.717, 1.165) is 41.7 Å². The highest BCUT2D eigenvalue weighted by Crippen LogP contribution is 2.37. The SMILES string of the molecule is CC1CCCC(NC(=O)COC(=O)CC2c3ccccc3CCN2S(=O)(=O)c2cccs2)C1C. The van der Waals surface area contributed by atoms with Gasteiger partial charge in [-0.25, -0.2) is 8.42 Å². The number of amides is 1. The Hall–Kier alpha value is -2.23. The van der Waals surface area contributed by atoms with Gasteiger partial charge in [-0.05, 0) is 47.3 Å². The quantitative estimate of drug-likeness (QED) is 0.577. The zero-order chi connectivity index (χ0) is 24.3. The average Bonchev–Trinajstić information content (AvgIpc) is 3.37. The molecule has 1 amide bonds. The van der Waals surface area contributed by atoms with Crippen LogP contribution in [0.1, 0.15) is 56.7 Å². The first-order chi connectivity index (χ1) is 16.3. The number of ether oxygens (including phenoxy) is 1. The molecule has 4 rings (SSSR count). The number of benzene rings is 1. The number of nitrogens with zero attached hydrogens (tertiary/aromatic N) is 1. The highest BCUT2D eigenvalue weighted by molar-refractivity contribution is 7.91. The van der Waals surface area contributed by atoms with E-state index in [-0.39, 0.29) is 35.7 Å². The van der Waals surface area contributed by atoms with E-state index >= 15 is 0 Å². The predicted molar refractivity (Wildman–Crippen MR) is 131 cm³/mol. The van der Waals surface area contributed by atoms with Crippen LogP contribution in [-0.4, -0.2) is 43.8 Å². The van der Waals surface area contributed by atoms with Gasteiger partial charge in [0.1, 0.15) is 4.21 Å². The van der Waals surface area contributed by atoms with Crippen molar-refractivity contribution in [2.75, 3.05) is 13.2 Å². The Morgan fingerprint density at radius 3 is 2.71 bits per heavy atom. The molecule has 1 fully saturated rings. The minimum absolute atomic E-state index is 0.0894. The lowest BCUT2D eigenvalue weighted by Gasteiger charge is -2.35. The van der Waals surface area contributed by atoms with E-state index in [2.05, 4.69) is 19.2 Å². The van der Waals surface area contributed by atoms with Gasteiger partial charge in [0.2, 0.25) is 0 Å². The first-order valence-electron chi connectivity index (χ1n) is 11.9. The van der Waals surface area contributed by atoms with Crippen molar-refractivity contribution in [1.82, 2.24) is 9.62 Å². The monoisotopic (exact) mass is 504 g/mol. The third-order valence-electron chi connectivity index (χ3n) is 7.20. The maximum absolute atomic E-state index is 13.3. The van der Waals surface area contributed by atoms with Crippen LogP contribution in [0, 0.1) is 11.8 Å². The first kappa shape index (κ1) is 24.9. The molecule has 184 valence electrons. The molecule has 1 N–H and O–H groups in total. The van der Waals surface area contributed by atoms with E-state index in [1.807, 2.05) is 24.3 Å². The van der Waals surface area contributed by atoms with Crippen LogP contribution in [-0.2, 0) is 30.8 Å². The maximum Gasteiger partial charge on any atom is 0.308 e. The first-order valence-corrected chi connectivity index (χ1v) is 14.2. The summed E-state index contributed by atoms with van der Waals surface area (Å²) >= 11 is 1.16. The van der Waals surface area contributed by atoms with Crippen molar-refractivity contribution in [2.45, 2.75) is 62.2 Å². The third-order valence-corrected chi connectivity index (χ3v) is 10.5. The molecule has 4 atom stereocenters. The number of esters is 1. The molecule has 0 radical (unpaired) electrons. The molecular formula is C25H32N2O5S2. The molecule has 7 nitrogen and oxygen atoms in total. The fraction of sp³-hybridized carbons (Fsp3) is 0.520. The Labute approximate surface area is 205 Å². The number of hydrogen-bond donors (Lipinski definition) is 1. The number of fused-ring (bicyclic) bond motifs is 1. The molecule has 1 aromatic carbocycles. The van der Waals surface area contributed by atoms with Gasteiger partial charge >= 0.3 is 5.97 Å². The summed E-state index contributed by atoms with van der Waals surface area (Å²) < 4.78 is 33.6. The van der Waals surface area contributed by atoms with E-state index in [4.69, 9.17) is 4.74 Å². The minimum Gasteiger partial charge on any atom is -0.456 e. The van der Waals surface area contributed by atoms with E-state index in [9.17, 15) is 18.0 Å². The number of nitrogens with one attached hydrogen (secondary N) is 1. The van der Waals surface area contributed by atoms with Crippen LogP contribution in [0.15, 0.2) is 46.0 Å². The molecule has 34 heavy (non-hydrogen) atoms. The van der Waals surface area contributed by atoms with E-state index < -0.39 is 22.0 Å². The van der Waals surface area contributed by atoms with Crippen molar-refractivity contribution >= 4 is 33.2 Å². The van der Waals surface area contributed by atoms with Crippen molar-refractivity contribution in [2.24, 2.45) is 11.8 Å². The van der Waals surface area contributed by atoms with Crippen molar-refractivity contribution in [3.05, 3.63) is 52.9 Å². The Bertz CT molecular complexity index is 1120. The second-order valence-corrected chi connectivity index (χ2v) is 12.4. The lowest BCUT2D eigenvalue weighted by Crippen LogP contribution is -2.45. The number of thiophene rings is 1. The molecule has 4 unspecified atom stereocenters. The number of rotatable bonds is 7. The summed E-state index contributed by atoms with van der Waals surface area (Å²) in [5.41, 5.74) is 1.83. The molecule has 1 aromatic heterocycles. The van der Waals surface area contributed by atoms with Crippen molar-refractivity contribution in [3.8, 4) is 0 Å². The molecule has 9 heteroatoms. The zero-order valence-corrected chi connectivity index (χ0v) is 21.2. The predicted octanol–water partition coefficient (Wildman–Crippen LogP) is 3.91. The maximum atomic E-state index is 13.3. The lowest BCUT2D eigenvalue weighted by atomic mass is 9.78. The van der Waals surface area contributed by atoms with Gasteiger partial charge in [-0.3, -0.25) is 9.59 Å². The third kappa shape index (κ3) is 5.37. The number of sulfonamides is 1. The molecule has 0 bridgehead atoms. The molecule has 2 aromatic rings. The summed E-state index contributed by atoms with van der Waals surface area (Å²) in [6.45, 7) is 4.26. The van der Waals surface area contributed by atoms with Crippen LogP contribution < -0.4 is 5.32 Å². The fourth-order valence-electron chi connectivity index (χ4n) is 5.05. The summed E-state index contributed by atoms with van der Waals surface area (Å²) in [6, 6.07) is 10.3. The highest BCUT2D eigenvalue weighted by atomic mass is 32.2. The number of hydrogen-bond acceptors (Lipinski definition) is 6. The van der Waals surface area contributed by atoms with Crippen molar-refractivity contribution in [1.29, 1.82) is 0 Å². The summed E-state index contributed by atoms with van der Waals surface area (Å²) in [4.78, 5) is 25.2. The summed E-state index contributed by atoms with van der Waals surface area (Å²) in [5, 5.41) is 4.73. The molecule has 0 spiro atoms. The minimum atomic E-state index is -3.75. The van der Waals surface area contributed by atoms with Gasteiger partial charge < -0.3 is 10.1 Å². The van der Waals surface area contributed by atoms with Crippen molar-refractivity contribution in [3.63, 3.8) is 0 Å². The summed E-state index contributed by atoms with van der Waals surface area (Å²) in [6.07, 6.45) is 3.60. The molecule has 1 aliphatic heterocycles. The highest BCUT2D eigenvalue weighted by Gasteiger charge is 2.38. The van der Waals surface area contributed by atoms with Gasteiger partial charge in [0, 0.05) is 12.6 Å². The second kappa shape index (κ2) is 10.6. The molecule has 1 aliphatic carbocycles. The van der Waals surface area contributed by atoms with Crippen LogP contribution in [0.25, 0.3) is 0 Å². The molecule has 2 heterocycles.